The highest BCUT2D eigenvalue weighted by molar-refractivity contribution is 7.93. The van der Waals surface area contributed by atoms with Crippen molar-refractivity contribution < 1.29 is 22.0 Å². The van der Waals surface area contributed by atoms with Crippen LogP contribution in [0.1, 0.15) is 41.9 Å². The fourth-order valence-electron chi connectivity index (χ4n) is 3.32. The van der Waals surface area contributed by atoms with Crippen LogP contribution in [-0.4, -0.2) is 43.1 Å². The Morgan fingerprint density at radius 3 is 2.73 bits per heavy atom. The van der Waals surface area contributed by atoms with Crippen molar-refractivity contribution in [3.63, 3.8) is 0 Å². The molecule has 0 radical (unpaired) electrons. The molecule has 0 spiro atoms. The predicted octanol–water partition coefficient (Wildman–Crippen LogP) is 2.77. The molecule has 1 aromatic carbocycles. The topological polar surface area (TPSA) is 92.3 Å². The molecule has 2 atom stereocenters. The van der Waals surface area contributed by atoms with Crippen molar-refractivity contribution in [2.75, 3.05) is 17.7 Å². The average molecular weight is 436 g/mol. The van der Waals surface area contributed by atoms with Gasteiger partial charge in [0, 0.05) is 29.8 Å². The SMILES string of the molecule is C[C@H](/C=C/S(C)(=O)=O)NC(=O)c1cnc(N2CCCC2c2cccc(F)c2F)cn1. The molecule has 1 aliphatic heterocycles. The first-order valence-corrected chi connectivity index (χ1v) is 11.3. The molecule has 2 aromatic rings. The van der Waals surface area contributed by atoms with E-state index in [1.807, 2.05) is 4.90 Å². The average Bonchev–Trinajstić information content (AvgIpc) is 3.17. The van der Waals surface area contributed by atoms with Crippen molar-refractivity contribution in [2.45, 2.75) is 31.8 Å². The highest BCUT2D eigenvalue weighted by Gasteiger charge is 2.30. The van der Waals surface area contributed by atoms with Gasteiger partial charge in [-0.25, -0.2) is 27.2 Å². The van der Waals surface area contributed by atoms with E-state index in [-0.39, 0.29) is 17.3 Å². The second-order valence-electron chi connectivity index (χ2n) is 7.17. The number of sulfone groups is 1. The van der Waals surface area contributed by atoms with E-state index in [9.17, 15) is 22.0 Å². The second kappa shape index (κ2) is 8.86. The fourth-order valence-corrected chi connectivity index (χ4v) is 3.84. The van der Waals surface area contributed by atoms with Gasteiger partial charge in [0.25, 0.3) is 5.91 Å². The van der Waals surface area contributed by atoms with Crippen LogP contribution in [0.2, 0.25) is 0 Å². The van der Waals surface area contributed by atoms with Crippen molar-refractivity contribution in [3.05, 3.63) is 65.0 Å². The number of amides is 1. The Labute approximate surface area is 173 Å². The molecule has 1 amide bonds. The lowest BCUT2D eigenvalue weighted by molar-refractivity contribution is 0.0941. The van der Waals surface area contributed by atoms with E-state index in [0.717, 1.165) is 24.2 Å². The summed E-state index contributed by atoms with van der Waals surface area (Å²) in [5.74, 6) is -1.80. The number of nitrogens with one attached hydrogen (secondary N) is 1. The van der Waals surface area contributed by atoms with Gasteiger partial charge in [0.15, 0.2) is 21.5 Å². The maximum absolute atomic E-state index is 14.2. The zero-order valence-electron chi connectivity index (χ0n) is 16.5. The number of carbonyl (C=O) groups excluding carboxylic acids is 1. The van der Waals surface area contributed by atoms with Crippen LogP contribution < -0.4 is 10.2 Å². The maximum atomic E-state index is 14.2. The molecular formula is C20H22F2N4O3S. The van der Waals surface area contributed by atoms with Crippen LogP contribution in [0.15, 0.2) is 42.1 Å². The van der Waals surface area contributed by atoms with E-state index in [2.05, 4.69) is 15.3 Å². The molecule has 1 aromatic heterocycles. The van der Waals surface area contributed by atoms with Crippen LogP contribution in [0, 0.1) is 11.6 Å². The van der Waals surface area contributed by atoms with Gasteiger partial charge in [-0.3, -0.25) is 4.79 Å². The Bertz CT molecular complexity index is 1060. The Kier molecular flexibility index (Phi) is 6.45. The summed E-state index contributed by atoms with van der Waals surface area (Å²) < 4.78 is 50.2. The molecule has 160 valence electrons. The number of hydrogen-bond acceptors (Lipinski definition) is 6. The van der Waals surface area contributed by atoms with E-state index in [4.69, 9.17) is 0 Å². The molecule has 0 bridgehead atoms. The normalized spacial score (nSPS) is 18.0. The van der Waals surface area contributed by atoms with Gasteiger partial charge in [-0.2, -0.15) is 0 Å². The minimum Gasteiger partial charge on any atom is -0.348 e. The first kappa shape index (κ1) is 21.8. The Hall–Kier alpha value is -2.88. The van der Waals surface area contributed by atoms with Gasteiger partial charge < -0.3 is 10.2 Å². The molecule has 10 heteroatoms. The summed E-state index contributed by atoms with van der Waals surface area (Å²) in [6, 6.07) is 3.23. The molecule has 1 fully saturated rings. The summed E-state index contributed by atoms with van der Waals surface area (Å²) >= 11 is 0. The summed E-state index contributed by atoms with van der Waals surface area (Å²) in [6.45, 7) is 2.23. The van der Waals surface area contributed by atoms with Gasteiger partial charge in [0.05, 0.1) is 18.4 Å². The van der Waals surface area contributed by atoms with Gasteiger partial charge in [0.1, 0.15) is 11.5 Å². The van der Waals surface area contributed by atoms with E-state index >= 15 is 0 Å². The molecule has 3 rings (SSSR count). The lowest BCUT2D eigenvalue weighted by Gasteiger charge is -2.26. The Morgan fingerprint density at radius 2 is 2.07 bits per heavy atom. The van der Waals surface area contributed by atoms with Gasteiger partial charge >= 0.3 is 0 Å². The number of nitrogens with zero attached hydrogens (tertiary/aromatic N) is 3. The molecule has 7 nitrogen and oxygen atoms in total. The van der Waals surface area contributed by atoms with Crippen LogP contribution in [0.5, 0.6) is 0 Å². The maximum Gasteiger partial charge on any atom is 0.271 e. The summed E-state index contributed by atoms with van der Waals surface area (Å²) in [4.78, 5) is 22.5. The smallest absolute Gasteiger partial charge is 0.271 e. The number of hydrogen-bond donors (Lipinski definition) is 1. The van der Waals surface area contributed by atoms with Crippen molar-refractivity contribution >= 4 is 21.6 Å². The molecule has 1 unspecified atom stereocenters. The van der Waals surface area contributed by atoms with E-state index in [1.165, 1.54) is 24.5 Å². The van der Waals surface area contributed by atoms with Crippen LogP contribution in [-0.2, 0) is 9.84 Å². The highest BCUT2D eigenvalue weighted by Crippen LogP contribution is 2.36. The summed E-state index contributed by atoms with van der Waals surface area (Å²) in [7, 11) is -3.28. The Balaban J connectivity index is 1.72. The lowest BCUT2D eigenvalue weighted by atomic mass is 10.0. The van der Waals surface area contributed by atoms with Gasteiger partial charge in [-0.1, -0.05) is 18.2 Å². The van der Waals surface area contributed by atoms with E-state index in [1.54, 1.807) is 13.0 Å². The van der Waals surface area contributed by atoms with Gasteiger partial charge in [0.2, 0.25) is 0 Å². The van der Waals surface area contributed by atoms with Crippen LogP contribution in [0.25, 0.3) is 0 Å². The van der Waals surface area contributed by atoms with Crippen molar-refractivity contribution in [3.8, 4) is 0 Å². The quantitative estimate of drug-likeness (QED) is 0.749. The third-order valence-corrected chi connectivity index (χ3v) is 5.38. The minimum absolute atomic E-state index is 0.0611. The summed E-state index contributed by atoms with van der Waals surface area (Å²) in [5.41, 5.74) is 0.327. The monoisotopic (exact) mass is 436 g/mol. The Morgan fingerprint density at radius 1 is 1.30 bits per heavy atom. The standard InChI is InChI=1S/C20H22F2N4O3S/c1-13(8-10-30(2,28)29)25-20(27)16-11-24-18(12-23-16)26-9-4-7-17(26)14-5-3-6-15(21)19(14)22/h3,5-6,8,10-13,17H,4,7,9H2,1-2H3,(H,25,27)/b10-8+/t13-,17?/m1/s1. The highest BCUT2D eigenvalue weighted by atomic mass is 32.2. The molecule has 1 N–H and O–H groups in total. The van der Waals surface area contributed by atoms with Crippen molar-refractivity contribution in [1.29, 1.82) is 0 Å². The first-order valence-electron chi connectivity index (χ1n) is 9.37. The third-order valence-electron chi connectivity index (χ3n) is 4.73. The first-order chi connectivity index (χ1) is 14.2. The summed E-state index contributed by atoms with van der Waals surface area (Å²) in [6.07, 6.45) is 6.57. The largest absolute Gasteiger partial charge is 0.348 e. The lowest BCUT2D eigenvalue weighted by Crippen LogP contribution is -2.32. The number of aromatic nitrogens is 2. The zero-order chi connectivity index (χ0) is 21.9. The van der Waals surface area contributed by atoms with Gasteiger partial charge in [-0.05, 0) is 25.8 Å². The van der Waals surface area contributed by atoms with Crippen LogP contribution in [0.4, 0.5) is 14.6 Å². The van der Waals surface area contributed by atoms with Gasteiger partial charge in [-0.15, -0.1) is 0 Å². The number of carbonyl (C=O) groups is 1. The molecule has 0 aliphatic carbocycles. The van der Waals surface area contributed by atoms with E-state index < -0.39 is 33.4 Å². The molecular weight excluding hydrogens is 414 g/mol. The second-order valence-corrected chi connectivity index (χ2v) is 9.11. The third kappa shape index (κ3) is 5.18. The van der Waals surface area contributed by atoms with E-state index in [0.29, 0.717) is 18.8 Å². The minimum atomic E-state index is -3.28. The molecule has 1 saturated heterocycles. The number of halogens is 2. The van der Waals surface area contributed by atoms with Crippen LogP contribution in [0.3, 0.4) is 0 Å². The molecule has 30 heavy (non-hydrogen) atoms. The molecule has 1 aliphatic rings. The number of rotatable bonds is 6. The molecule has 2 heterocycles. The number of benzene rings is 1. The number of anilines is 1. The van der Waals surface area contributed by atoms with Crippen molar-refractivity contribution in [1.82, 2.24) is 15.3 Å². The molecule has 0 saturated carbocycles. The summed E-state index contributed by atoms with van der Waals surface area (Å²) in [5, 5.41) is 3.63. The van der Waals surface area contributed by atoms with Crippen LogP contribution >= 0.6 is 0 Å². The predicted molar refractivity (Wildman–Crippen MR) is 109 cm³/mol. The van der Waals surface area contributed by atoms with Crippen molar-refractivity contribution in [2.24, 2.45) is 0 Å². The zero-order valence-corrected chi connectivity index (χ0v) is 17.4. The fraction of sp³-hybridized carbons (Fsp3) is 0.350.